The van der Waals surface area contributed by atoms with Gasteiger partial charge in [0, 0.05) is 72.7 Å². The zero-order valence-electron chi connectivity index (χ0n) is 25.2. The van der Waals surface area contributed by atoms with Crippen LogP contribution in [0.5, 0.6) is 0 Å². The van der Waals surface area contributed by atoms with Crippen molar-refractivity contribution in [3.63, 3.8) is 0 Å². The van der Waals surface area contributed by atoms with Gasteiger partial charge in [0.2, 0.25) is 5.91 Å². The van der Waals surface area contributed by atoms with Crippen LogP contribution in [0.25, 0.3) is 16.8 Å². The van der Waals surface area contributed by atoms with Crippen LogP contribution in [0.15, 0.2) is 104 Å². The molecule has 0 aliphatic carbocycles. The second-order valence-electron chi connectivity index (χ2n) is 11.0. The predicted molar refractivity (Wildman–Crippen MR) is 178 cm³/mol. The number of carbonyl (C=O) groups is 3. The summed E-state index contributed by atoms with van der Waals surface area (Å²) in [5.41, 5.74) is 5.72. The van der Waals surface area contributed by atoms with E-state index in [9.17, 15) is 14.4 Å². The van der Waals surface area contributed by atoms with Crippen LogP contribution in [-0.2, 0) is 11.3 Å². The van der Waals surface area contributed by atoms with Gasteiger partial charge in [-0.15, -0.1) is 0 Å². The van der Waals surface area contributed by atoms with Gasteiger partial charge in [0.1, 0.15) is 12.7 Å². The van der Waals surface area contributed by atoms with Crippen molar-refractivity contribution in [3.8, 4) is 16.8 Å². The van der Waals surface area contributed by atoms with Gasteiger partial charge in [-0.3, -0.25) is 19.3 Å². The first-order valence-electron chi connectivity index (χ1n) is 14.9. The van der Waals surface area contributed by atoms with Crippen molar-refractivity contribution >= 4 is 40.7 Å². The van der Waals surface area contributed by atoms with Crippen LogP contribution in [0.1, 0.15) is 33.2 Å². The number of carbonyl (C=O) groups excluding carboxylic acids is 3. The lowest BCUT2D eigenvalue weighted by molar-refractivity contribution is -0.130. The molecule has 1 fully saturated rings. The highest BCUT2D eigenvalue weighted by Crippen LogP contribution is 2.30. The van der Waals surface area contributed by atoms with E-state index in [1.54, 1.807) is 60.4 Å². The van der Waals surface area contributed by atoms with E-state index in [-0.39, 0.29) is 17.7 Å². The molecule has 6 rings (SSSR count). The molecule has 46 heavy (non-hydrogen) atoms. The Kier molecular flexibility index (Phi) is 9.18. The summed E-state index contributed by atoms with van der Waals surface area (Å²) < 4.78 is 1.63. The number of anilines is 2. The van der Waals surface area contributed by atoms with Gasteiger partial charge in [-0.05, 0) is 77.9 Å². The minimum Gasteiger partial charge on any atom is -0.340 e. The van der Waals surface area contributed by atoms with Crippen LogP contribution in [0.2, 0.25) is 5.02 Å². The van der Waals surface area contributed by atoms with E-state index < -0.39 is 0 Å². The number of hydrogen-bond donors (Lipinski definition) is 2. The Morgan fingerprint density at radius 3 is 1.98 bits per heavy atom. The molecule has 2 N–H and O–H groups in total. The summed E-state index contributed by atoms with van der Waals surface area (Å²) in [5, 5.41) is 10.5. The smallest absolute Gasteiger partial charge is 0.255 e. The van der Waals surface area contributed by atoms with Crippen molar-refractivity contribution in [2.75, 3.05) is 36.8 Å². The SMILES string of the molecule is CC(=O)N1CCN(Cc2ccc(NC(=O)c3ccc(-c4cc(C(=O)Nc5ccc(-n6cncn6)cc5)ccc4Cl)cc3)cc2)CC1. The van der Waals surface area contributed by atoms with Gasteiger partial charge in [0.25, 0.3) is 11.8 Å². The van der Waals surface area contributed by atoms with E-state index >= 15 is 0 Å². The number of aromatic nitrogens is 3. The van der Waals surface area contributed by atoms with Crippen molar-refractivity contribution in [1.82, 2.24) is 24.6 Å². The first kappa shape index (κ1) is 30.7. The Balaban J connectivity index is 1.05. The molecule has 2 heterocycles. The average molecular weight is 634 g/mol. The van der Waals surface area contributed by atoms with Crippen LogP contribution in [0.4, 0.5) is 11.4 Å². The molecule has 0 radical (unpaired) electrons. The molecule has 1 aliphatic heterocycles. The monoisotopic (exact) mass is 633 g/mol. The van der Waals surface area contributed by atoms with E-state index in [0.29, 0.717) is 33.1 Å². The van der Waals surface area contributed by atoms with Crippen LogP contribution < -0.4 is 10.6 Å². The first-order chi connectivity index (χ1) is 22.3. The van der Waals surface area contributed by atoms with Crippen LogP contribution in [0, 0.1) is 0 Å². The summed E-state index contributed by atoms with van der Waals surface area (Å²) in [5.74, 6) is -0.381. The van der Waals surface area contributed by atoms with E-state index in [2.05, 4.69) is 25.6 Å². The topological polar surface area (TPSA) is 112 Å². The molecule has 1 aliphatic rings. The number of rotatable bonds is 8. The lowest BCUT2D eigenvalue weighted by Crippen LogP contribution is -2.47. The third-order valence-corrected chi connectivity index (χ3v) is 8.26. The highest BCUT2D eigenvalue weighted by atomic mass is 35.5. The van der Waals surface area contributed by atoms with Gasteiger partial charge in [-0.1, -0.05) is 35.9 Å². The van der Waals surface area contributed by atoms with E-state index in [4.69, 9.17) is 11.6 Å². The number of piperazine rings is 1. The molecule has 1 aromatic heterocycles. The molecule has 11 heteroatoms. The fraction of sp³-hybridized carbons (Fsp3) is 0.171. The quantitative estimate of drug-likeness (QED) is 0.225. The molecular weight excluding hydrogens is 602 g/mol. The maximum absolute atomic E-state index is 13.0. The molecule has 0 atom stereocenters. The zero-order valence-corrected chi connectivity index (χ0v) is 25.9. The lowest BCUT2D eigenvalue weighted by atomic mass is 10.0. The molecule has 4 aromatic carbocycles. The molecule has 10 nitrogen and oxygen atoms in total. The van der Waals surface area contributed by atoms with Gasteiger partial charge in [-0.2, -0.15) is 5.10 Å². The molecule has 5 aromatic rings. The summed E-state index contributed by atoms with van der Waals surface area (Å²) in [7, 11) is 0. The molecule has 1 saturated heterocycles. The Morgan fingerprint density at radius 1 is 0.761 bits per heavy atom. The normalized spacial score (nSPS) is 13.3. The minimum absolute atomic E-state index is 0.122. The van der Waals surface area contributed by atoms with Crippen molar-refractivity contribution in [2.45, 2.75) is 13.5 Å². The second-order valence-corrected chi connectivity index (χ2v) is 11.5. The van der Waals surface area contributed by atoms with Crippen molar-refractivity contribution in [3.05, 3.63) is 125 Å². The number of nitrogens with one attached hydrogen (secondary N) is 2. The maximum atomic E-state index is 13.0. The molecule has 232 valence electrons. The van der Waals surface area contributed by atoms with Crippen molar-refractivity contribution in [2.24, 2.45) is 0 Å². The Bertz CT molecular complexity index is 1830. The summed E-state index contributed by atoms with van der Waals surface area (Å²) >= 11 is 6.52. The van der Waals surface area contributed by atoms with Crippen LogP contribution in [0.3, 0.4) is 0 Å². The van der Waals surface area contributed by atoms with E-state index in [1.165, 1.54) is 6.33 Å². The largest absolute Gasteiger partial charge is 0.340 e. The standard InChI is InChI=1S/C35H32ClN7O3/c1-24(44)42-18-16-41(17-19-42)21-25-2-9-29(10-3-25)39-34(45)27-6-4-26(5-7-27)32-20-28(8-15-33(32)36)35(46)40-30-11-13-31(14-12-30)43-23-37-22-38-43/h2-15,20,22-23H,16-19,21H2,1H3,(H,39,45)(H,40,46). The zero-order chi connectivity index (χ0) is 32.0. The molecular formula is C35H32ClN7O3. The summed E-state index contributed by atoms with van der Waals surface area (Å²) in [4.78, 5) is 45.7. The lowest BCUT2D eigenvalue weighted by Gasteiger charge is -2.34. The summed E-state index contributed by atoms with van der Waals surface area (Å²) in [6.45, 7) is 5.59. The van der Waals surface area contributed by atoms with Crippen molar-refractivity contribution < 1.29 is 14.4 Å². The third-order valence-electron chi connectivity index (χ3n) is 7.93. The number of benzene rings is 4. The first-order valence-corrected chi connectivity index (χ1v) is 15.2. The molecule has 0 spiro atoms. The highest BCUT2D eigenvalue weighted by molar-refractivity contribution is 6.33. The number of halogens is 1. The summed E-state index contributed by atoms with van der Waals surface area (Å²) in [6.07, 6.45) is 3.06. The van der Waals surface area contributed by atoms with Crippen LogP contribution in [-0.4, -0.2) is 68.5 Å². The maximum Gasteiger partial charge on any atom is 0.255 e. The highest BCUT2D eigenvalue weighted by Gasteiger charge is 2.18. The van der Waals surface area contributed by atoms with Crippen molar-refractivity contribution in [1.29, 1.82) is 0 Å². The number of nitrogens with zero attached hydrogens (tertiary/aromatic N) is 5. The number of hydrogen-bond acceptors (Lipinski definition) is 6. The van der Waals surface area contributed by atoms with E-state index in [0.717, 1.165) is 49.5 Å². The molecule has 0 saturated carbocycles. The Labute approximate surface area is 271 Å². The van der Waals surface area contributed by atoms with Crippen LogP contribution >= 0.6 is 11.6 Å². The third kappa shape index (κ3) is 7.31. The fourth-order valence-corrected chi connectivity index (χ4v) is 5.53. The van der Waals surface area contributed by atoms with Gasteiger partial charge in [0.05, 0.1) is 5.69 Å². The summed E-state index contributed by atoms with van der Waals surface area (Å²) in [6, 6.07) is 27.3. The minimum atomic E-state index is -0.274. The molecule has 0 bridgehead atoms. The average Bonchev–Trinajstić information content (AvgIpc) is 3.62. The number of amides is 3. The van der Waals surface area contributed by atoms with Gasteiger partial charge >= 0.3 is 0 Å². The Hall–Kier alpha value is -5.32. The van der Waals surface area contributed by atoms with Gasteiger partial charge in [0.15, 0.2) is 0 Å². The van der Waals surface area contributed by atoms with E-state index in [1.807, 2.05) is 53.4 Å². The van der Waals surface area contributed by atoms with Gasteiger partial charge < -0.3 is 15.5 Å². The van der Waals surface area contributed by atoms with Gasteiger partial charge in [-0.25, -0.2) is 9.67 Å². The predicted octanol–water partition coefficient (Wildman–Crippen LogP) is 5.76. The molecule has 0 unspecified atom stereocenters. The second kappa shape index (κ2) is 13.8. The molecule has 3 amide bonds. The Morgan fingerprint density at radius 2 is 1.37 bits per heavy atom. The fourth-order valence-electron chi connectivity index (χ4n) is 5.31.